The van der Waals surface area contributed by atoms with Gasteiger partial charge >= 0.3 is 41.8 Å². The van der Waals surface area contributed by atoms with Crippen molar-refractivity contribution in [1.29, 1.82) is 0 Å². The normalized spacial score (nSPS) is 15.1. The zero-order valence-corrected chi connectivity index (χ0v) is 19.3. The highest BCUT2D eigenvalue weighted by molar-refractivity contribution is 14.1. The standard InChI is InChI=1S/C19H16F13IO2/c20-14(21,15(22,23)16(24,25)17(26,27)18(28,29)19(30,31)32)10-12(33)8-4-5-9-35-13(34)11-6-2-1-3-7-11/h1-3,6-7,12H,4-5,8-10H2. The molecule has 202 valence electrons. The number of carbonyl (C=O) groups is 1. The molecule has 0 spiro atoms. The third-order valence-corrected chi connectivity index (χ3v) is 5.69. The molecule has 0 fully saturated rings. The Hall–Kier alpha value is -1.49. The maximum absolute atomic E-state index is 13.9. The minimum Gasteiger partial charge on any atom is -0.462 e. The fraction of sp³-hybridized carbons (Fsp3) is 0.632. The molecule has 1 aromatic rings. The molecular weight excluding hydrogens is 634 g/mol. The van der Waals surface area contributed by atoms with Crippen LogP contribution in [0.1, 0.15) is 36.0 Å². The van der Waals surface area contributed by atoms with Crippen LogP contribution in [0.15, 0.2) is 30.3 Å². The molecule has 35 heavy (non-hydrogen) atoms. The van der Waals surface area contributed by atoms with Gasteiger partial charge in [-0.2, -0.15) is 57.1 Å². The predicted molar refractivity (Wildman–Crippen MR) is 104 cm³/mol. The van der Waals surface area contributed by atoms with Gasteiger partial charge in [0.2, 0.25) is 0 Å². The second-order valence-electron chi connectivity index (χ2n) is 7.30. The van der Waals surface area contributed by atoms with Crippen LogP contribution in [0.25, 0.3) is 0 Å². The van der Waals surface area contributed by atoms with Gasteiger partial charge < -0.3 is 4.74 Å². The summed E-state index contributed by atoms with van der Waals surface area (Å²) < 4.78 is 174. The highest BCUT2D eigenvalue weighted by Gasteiger charge is 2.90. The number of unbranched alkanes of at least 4 members (excludes halogenated alkanes) is 1. The fourth-order valence-electron chi connectivity index (χ4n) is 2.60. The molecule has 1 atom stereocenters. The van der Waals surface area contributed by atoms with E-state index in [1.54, 1.807) is 6.07 Å². The van der Waals surface area contributed by atoms with Crippen molar-refractivity contribution in [3.63, 3.8) is 0 Å². The first-order valence-electron chi connectivity index (χ1n) is 9.45. The summed E-state index contributed by atoms with van der Waals surface area (Å²) in [6.45, 7) is -0.250. The van der Waals surface area contributed by atoms with Crippen molar-refractivity contribution in [1.82, 2.24) is 0 Å². The molecule has 0 bridgehead atoms. The molecule has 0 heterocycles. The number of hydrogen-bond donors (Lipinski definition) is 0. The van der Waals surface area contributed by atoms with Crippen LogP contribution < -0.4 is 0 Å². The number of rotatable bonds is 12. The lowest BCUT2D eigenvalue weighted by atomic mass is 9.91. The maximum atomic E-state index is 13.9. The Morgan fingerprint density at radius 3 is 1.71 bits per heavy atom. The first kappa shape index (κ1) is 31.5. The molecule has 0 aliphatic heterocycles. The van der Waals surface area contributed by atoms with E-state index in [2.05, 4.69) is 0 Å². The largest absolute Gasteiger partial charge is 0.462 e. The van der Waals surface area contributed by atoms with Crippen molar-refractivity contribution in [3.05, 3.63) is 35.9 Å². The minimum absolute atomic E-state index is 0.00786. The summed E-state index contributed by atoms with van der Waals surface area (Å²) in [5.74, 6) is -37.5. The monoisotopic (exact) mass is 650 g/mol. The number of alkyl halides is 14. The van der Waals surface area contributed by atoms with Gasteiger partial charge in [-0.05, 0) is 31.4 Å². The van der Waals surface area contributed by atoms with Gasteiger partial charge in [-0.25, -0.2) is 4.79 Å². The van der Waals surface area contributed by atoms with E-state index >= 15 is 0 Å². The van der Waals surface area contributed by atoms with Gasteiger partial charge in [-0.15, -0.1) is 0 Å². The average Bonchev–Trinajstić information content (AvgIpc) is 2.72. The van der Waals surface area contributed by atoms with Gasteiger partial charge in [0, 0.05) is 10.3 Å². The Bertz CT molecular complexity index is 841. The quantitative estimate of drug-likeness (QED) is 0.0756. The molecule has 0 saturated carbocycles. The number of hydrogen-bond acceptors (Lipinski definition) is 2. The van der Waals surface area contributed by atoms with Crippen molar-refractivity contribution in [3.8, 4) is 0 Å². The zero-order chi connectivity index (χ0) is 27.5. The summed E-state index contributed by atoms with van der Waals surface area (Å²) in [5, 5.41) is 0. The summed E-state index contributed by atoms with van der Waals surface area (Å²) in [5.41, 5.74) is 0.190. The Morgan fingerprint density at radius 1 is 0.743 bits per heavy atom. The maximum Gasteiger partial charge on any atom is 0.460 e. The van der Waals surface area contributed by atoms with Crippen LogP contribution in [0.4, 0.5) is 57.1 Å². The van der Waals surface area contributed by atoms with Gasteiger partial charge in [0.15, 0.2) is 0 Å². The minimum atomic E-state index is -7.89. The van der Waals surface area contributed by atoms with Crippen molar-refractivity contribution in [2.75, 3.05) is 6.61 Å². The molecule has 0 amide bonds. The van der Waals surface area contributed by atoms with E-state index in [0.29, 0.717) is 0 Å². The second kappa shape index (κ2) is 10.9. The Balaban J connectivity index is 2.77. The highest BCUT2D eigenvalue weighted by atomic mass is 127. The van der Waals surface area contributed by atoms with Crippen LogP contribution in [0.3, 0.4) is 0 Å². The zero-order valence-electron chi connectivity index (χ0n) is 17.1. The predicted octanol–water partition coefficient (Wildman–Crippen LogP) is 7.95. The summed E-state index contributed by atoms with van der Waals surface area (Å²) >= 11 is 1.08. The molecule has 0 radical (unpaired) electrons. The fourth-order valence-corrected chi connectivity index (χ4v) is 3.59. The van der Waals surface area contributed by atoms with Crippen molar-refractivity contribution >= 4 is 28.6 Å². The molecule has 16 heteroatoms. The smallest absolute Gasteiger partial charge is 0.460 e. The average molecular weight is 650 g/mol. The van der Waals surface area contributed by atoms with Crippen molar-refractivity contribution in [2.45, 2.75) is 65.4 Å². The topological polar surface area (TPSA) is 26.3 Å². The highest BCUT2D eigenvalue weighted by Crippen LogP contribution is 2.61. The van der Waals surface area contributed by atoms with Crippen LogP contribution in [0, 0.1) is 0 Å². The molecular formula is C19H16F13IO2. The third-order valence-electron chi connectivity index (χ3n) is 4.63. The molecule has 1 unspecified atom stereocenters. The molecule has 0 saturated heterocycles. The lowest BCUT2D eigenvalue weighted by molar-refractivity contribution is -0.440. The van der Waals surface area contributed by atoms with E-state index in [1.165, 1.54) is 24.3 Å². The number of benzene rings is 1. The van der Waals surface area contributed by atoms with Crippen molar-refractivity contribution in [2.24, 2.45) is 0 Å². The van der Waals surface area contributed by atoms with E-state index in [1.807, 2.05) is 0 Å². The Labute approximate surface area is 203 Å². The Kier molecular flexibility index (Phi) is 9.79. The van der Waals surface area contributed by atoms with Crippen LogP contribution in [0.2, 0.25) is 0 Å². The van der Waals surface area contributed by atoms with E-state index < -0.39 is 58.5 Å². The number of esters is 1. The van der Waals surface area contributed by atoms with Gasteiger partial charge in [0.25, 0.3) is 0 Å². The number of carbonyl (C=O) groups excluding carboxylic acids is 1. The molecule has 0 aromatic heterocycles. The van der Waals surface area contributed by atoms with E-state index in [0.717, 1.165) is 22.6 Å². The van der Waals surface area contributed by atoms with Crippen molar-refractivity contribution < 1.29 is 66.6 Å². The van der Waals surface area contributed by atoms with Crippen LogP contribution >= 0.6 is 22.6 Å². The van der Waals surface area contributed by atoms with E-state index in [4.69, 9.17) is 4.74 Å². The lowest BCUT2D eigenvalue weighted by Gasteiger charge is -2.40. The molecule has 0 aliphatic rings. The summed E-state index contributed by atoms with van der Waals surface area (Å²) in [7, 11) is 0. The molecule has 2 nitrogen and oxygen atoms in total. The molecule has 0 N–H and O–H groups in total. The summed E-state index contributed by atoms with van der Waals surface area (Å²) in [6, 6.07) is 7.55. The SMILES string of the molecule is O=C(OCCCCC(I)CC(F)(F)C(F)(F)C(F)(F)C(F)(F)C(F)(F)C(F)(F)F)c1ccccc1. The molecule has 1 rings (SSSR count). The third kappa shape index (κ3) is 6.45. The van der Waals surface area contributed by atoms with E-state index in [-0.39, 0.29) is 25.0 Å². The number of ether oxygens (including phenoxy) is 1. The summed E-state index contributed by atoms with van der Waals surface area (Å²) in [6.07, 6.45) is -10.2. The lowest BCUT2D eigenvalue weighted by Crippen LogP contribution is -2.70. The van der Waals surface area contributed by atoms with Gasteiger partial charge in [0.1, 0.15) is 0 Å². The van der Waals surface area contributed by atoms with Crippen LogP contribution in [-0.2, 0) is 4.74 Å². The molecule has 0 aliphatic carbocycles. The van der Waals surface area contributed by atoms with Gasteiger partial charge in [-0.1, -0.05) is 40.8 Å². The number of halogens is 14. The first-order chi connectivity index (χ1) is 15.6. The van der Waals surface area contributed by atoms with Crippen LogP contribution in [-0.4, -0.2) is 52.3 Å². The van der Waals surface area contributed by atoms with Crippen LogP contribution in [0.5, 0.6) is 0 Å². The molecule has 1 aromatic carbocycles. The van der Waals surface area contributed by atoms with Gasteiger partial charge in [0.05, 0.1) is 12.2 Å². The first-order valence-corrected chi connectivity index (χ1v) is 10.7. The van der Waals surface area contributed by atoms with E-state index in [9.17, 15) is 61.9 Å². The van der Waals surface area contributed by atoms with Gasteiger partial charge in [-0.3, -0.25) is 0 Å². The second-order valence-corrected chi connectivity index (χ2v) is 9.06. The summed E-state index contributed by atoms with van der Waals surface area (Å²) in [4.78, 5) is 11.7. The Morgan fingerprint density at radius 2 is 1.23 bits per heavy atom.